The zero-order chi connectivity index (χ0) is 17.3. The van der Waals surface area contributed by atoms with E-state index in [0.717, 1.165) is 32.1 Å². The van der Waals surface area contributed by atoms with Crippen LogP contribution in [0, 0.1) is 5.82 Å². The number of rotatable bonds is 3. The number of ether oxygens (including phenoxy) is 1. The van der Waals surface area contributed by atoms with Crippen molar-refractivity contribution in [3.63, 3.8) is 0 Å². The third-order valence-corrected chi connectivity index (χ3v) is 4.38. The third-order valence-electron chi connectivity index (χ3n) is 4.38. The molecule has 0 bridgehead atoms. The number of guanidine groups is 2. The molecule has 0 atom stereocenters. The largest absolute Gasteiger partial charge is 0.489 e. The second-order valence-corrected chi connectivity index (χ2v) is 6.60. The van der Waals surface area contributed by atoms with Crippen molar-refractivity contribution in [3.05, 3.63) is 24.0 Å². The molecule has 0 saturated heterocycles. The zero-order valence-corrected chi connectivity index (χ0v) is 14.1. The number of aliphatic imine (C=N–C) groups is 2. The van der Waals surface area contributed by atoms with Gasteiger partial charge < -0.3 is 16.2 Å². The quantitative estimate of drug-likeness (QED) is 0.890. The van der Waals surface area contributed by atoms with Crippen LogP contribution in [0.3, 0.4) is 0 Å². The molecule has 130 valence electrons. The summed E-state index contributed by atoms with van der Waals surface area (Å²) in [6, 6.07) is 4.42. The van der Waals surface area contributed by atoms with E-state index in [1.54, 1.807) is 11.0 Å². The molecule has 7 heteroatoms. The van der Waals surface area contributed by atoms with Gasteiger partial charge in [-0.15, -0.1) is 0 Å². The maximum absolute atomic E-state index is 14.0. The summed E-state index contributed by atoms with van der Waals surface area (Å²) in [6.45, 7) is 3.85. The minimum absolute atomic E-state index is 0.0481. The lowest BCUT2D eigenvalue weighted by Gasteiger charge is -2.46. The molecule has 1 heterocycles. The highest BCUT2D eigenvalue weighted by Crippen LogP contribution is 2.43. The Bertz CT molecular complexity index is 680. The van der Waals surface area contributed by atoms with E-state index >= 15 is 0 Å². The molecule has 1 saturated carbocycles. The van der Waals surface area contributed by atoms with E-state index in [0.29, 0.717) is 11.4 Å². The predicted molar refractivity (Wildman–Crippen MR) is 93.7 cm³/mol. The van der Waals surface area contributed by atoms with E-state index < -0.39 is 5.66 Å². The number of halogens is 1. The molecule has 3 rings (SSSR count). The highest BCUT2D eigenvalue weighted by molar-refractivity contribution is 6.06. The summed E-state index contributed by atoms with van der Waals surface area (Å²) >= 11 is 0. The summed E-state index contributed by atoms with van der Waals surface area (Å²) in [5.41, 5.74) is 12.0. The van der Waals surface area contributed by atoms with Crippen molar-refractivity contribution >= 4 is 17.6 Å². The van der Waals surface area contributed by atoms with Crippen molar-refractivity contribution in [2.75, 3.05) is 4.90 Å². The third kappa shape index (κ3) is 3.02. The molecule has 1 fully saturated rings. The molecule has 0 aromatic heterocycles. The first kappa shape index (κ1) is 16.5. The molecule has 4 N–H and O–H groups in total. The van der Waals surface area contributed by atoms with Crippen LogP contribution >= 0.6 is 0 Å². The number of nitrogens with two attached hydrogens (primary N) is 2. The van der Waals surface area contributed by atoms with E-state index in [-0.39, 0.29) is 23.8 Å². The lowest BCUT2D eigenvalue weighted by Crippen LogP contribution is -2.58. The molecule has 1 aliphatic carbocycles. The van der Waals surface area contributed by atoms with Crippen LogP contribution in [0.25, 0.3) is 0 Å². The van der Waals surface area contributed by atoms with Gasteiger partial charge in [0.2, 0.25) is 11.9 Å². The zero-order valence-electron chi connectivity index (χ0n) is 14.1. The summed E-state index contributed by atoms with van der Waals surface area (Å²) in [5, 5.41) is 0. The molecule has 1 spiro atoms. The maximum atomic E-state index is 14.0. The van der Waals surface area contributed by atoms with E-state index in [9.17, 15) is 4.39 Å². The monoisotopic (exact) mass is 333 g/mol. The Morgan fingerprint density at radius 2 is 1.92 bits per heavy atom. The average molecular weight is 333 g/mol. The summed E-state index contributed by atoms with van der Waals surface area (Å²) in [5.74, 6) is 0.601. The topological polar surface area (TPSA) is 89.2 Å². The highest BCUT2D eigenvalue weighted by Gasteiger charge is 2.43. The van der Waals surface area contributed by atoms with Gasteiger partial charge in [0.05, 0.1) is 11.8 Å². The van der Waals surface area contributed by atoms with Crippen molar-refractivity contribution in [1.82, 2.24) is 0 Å². The first-order valence-corrected chi connectivity index (χ1v) is 8.37. The van der Waals surface area contributed by atoms with Gasteiger partial charge in [-0.3, -0.25) is 4.90 Å². The molecule has 1 aromatic rings. The maximum Gasteiger partial charge on any atom is 0.220 e. The minimum atomic E-state index is -0.614. The molecule has 0 radical (unpaired) electrons. The van der Waals surface area contributed by atoms with Crippen molar-refractivity contribution < 1.29 is 9.13 Å². The fourth-order valence-corrected chi connectivity index (χ4v) is 3.49. The van der Waals surface area contributed by atoms with Crippen LogP contribution in [0.5, 0.6) is 5.75 Å². The van der Waals surface area contributed by atoms with Gasteiger partial charge in [-0.25, -0.2) is 9.38 Å². The van der Waals surface area contributed by atoms with Gasteiger partial charge in [0.1, 0.15) is 17.2 Å². The number of hydrogen-bond donors (Lipinski definition) is 2. The summed E-state index contributed by atoms with van der Waals surface area (Å²) in [7, 11) is 0. The Morgan fingerprint density at radius 1 is 1.21 bits per heavy atom. The Hall–Kier alpha value is -2.31. The standard InChI is InChI=1S/C17H24FN5O/c1-11(2)24-14-7-6-12(18)10-13(14)23-16(20)21-15(19)22-17(23)8-4-3-5-9-17/h6-7,10-11H,3-5,8-9H2,1-2H3,(H4,19,20,21,22). The lowest BCUT2D eigenvalue weighted by molar-refractivity contribution is 0.239. The fraction of sp³-hybridized carbons (Fsp3) is 0.529. The van der Waals surface area contributed by atoms with Crippen LogP contribution < -0.4 is 21.1 Å². The predicted octanol–water partition coefficient (Wildman–Crippen LogP) is 2.72. The van der Waals surface area contributed by atoms with Crippen LogP contribution in [-0.2, 0) is 0 Å². The minimum Gasteiger partial charge on any atom is -0.489 e. The Kier molecular flexibility index (Phi) is 4.34. The van der Waals surface area contributed by atoms with Crippen LogP contribution in [0.1, 0.15) is 46.0 Å². The molecular formula is C17H24FN5O. The van der Waals surface area contributed by atoms with Crippen molar-refractivity contribution in [2.24, 2.45) is 21.5 Å². The number of hydrogen-bond acceptors (Lipinski definition) is 6. The SMILES string of the molecule is CC(C)Oc1ccc(F)cc1N1C(N)=NC(N)=NC12CCCCC2. The molecule has 6 nitrogen and oxygen atoms in total. The molecule has 1 aliphatic heterocycles. The summed E-state index contributed by atoms with van der Waals surface area (Å²) in [4.78, 5) is 10.5. The van der Waals surface area contributed by atoms with Crippen molar-refractivity contribution in [1.29, 1.82) is 0 Å². The van der Waals surface area contributed by atoms with Crippen LogP contribution in [0.2, 0.25) is 0 Å². The second-order valence-electron chi connectivity index (χ2n) is 6.60. The van der Waals surface area contributed by atoms with E-state index in [1.165, 1.54) is 12.1 Å². The first-order valence-electron chi connectivity index (χ1n) is 8.37. The molecule has 2 aliphatic rings. The lowest BCUT2D eigenvalue weighted by atomic mass is 9.87. The smallest absolute Gasteiger partial charge is 0.220 e. The molecule has 24 heavy (non-hydrogen) atoms. The van der Waals surface area contributed by atoms with Crippen LogP contribution in [-0.4, -0.2) is 23.7 Å². The number of anilines is 1. The molecule has 0 unspecified atom stereocenters. The highest BCUT2D eigenvalue weighted by atomic mass is 19.1. The molecule has 0 amide bonds. The Morgan fingerprint density at radius 3 is 2.58 bits per heavy atom. The van der Waals surface area contributed by atoms with E-state index in [1.807, 2.05) is 13.8 Å². The fourth-order valence-electron chi connectivity index (χ4n) is 3.49. The van der Waals surface area contributed by atoms with Gasteiger partial charge in [0.15, 0.2) is 0 Å². The van der Waals surface area contributed by atoms with Crippen LogP contribution in [0.4, 0.5) is 10.1 Å². The first-order chi connectivity index (χ1) is 11.4. The Labute approximate surface area is 141 Å². The molecule has 1 aromatic carbocycles. The number of nitrogens with zero attached hydrogens (tertiary/aromatic N) is 3. The normalized spacial score (nSPS) is 20.1. The van der Waals surface area contributed by atoms with Gasteiger partial charge in [-0.1, -0.05) is 6.42 Å². The van der Waals surface area contributed by atoms with Crippen LogP contribution in [0.15, 0.2) is 28.2 Å². The van der Waals surface area contributed by atoms with Gasteiger partial charge in [0.25, 0.3) is 0 Å². The van der Waals surface area contributed by atoms with Gasteiger partial charge in [-0.05, 0) is 51.7 Å². The second kappa shape index (κ2) is 6.30. The average Bonchev–Trinajstić information content (AvgIpc) is 2.49. The summed E-state index contributed by atoms with van der Waals surface area (Å²) in [6.07, 6.45) is 4.70. The van der Waals surface area contributed by atoms with Crippen molar-refractivity contribution in [2.45, 2.75) is 57.7 Å². The van der Waals surface area contributed by atoms with Crippen molar-refractivity contribution in [3.8, 4) is 5.75 Å². The van der Waals surface area contributed by atoms with Gasteiger partial charge in [-0.2, -0.15) is 4.99 Å². The molecular weight excluding hydrogens is 309 g/mol. The van der Waals surface area contributed by atoms with Gasteiger partial charge >= 0.3 is 0 Å². The van der Waals surface area contributed by atoms with Gasteiger partial charge in [0, 0.05) is 6.07 Å². The van der Waals surface area contributed by atoms with E-state index in [2.05, 4.69) is 9.98 Å². The summed E-state index contributed by atoms with van der Waals surface area (Å²) < 4.78 is 19.8. The van der Waals surface area contributed by atoms with E-state index in [4.69, 9.17) is 16.2 Å². The Balaban J connectivity index is 2.11. The number of benzene rings is 1.